The summed E-state index contributed by atoms with van der Waals surface area (Å²) in [7, 11) is 0. The molecule has 0 atom stereocenters. The molecule has 21 heavy (non-hydrogen) atoms. The van der Waals surface area contributed by atoms with Crippen LogP contribution < -0.4 is 16.0 Å². The van der Waals surface area contributed by atoms with Crippen LogP contribution in [0.3, 0.4) is 0 Å². The van der Waals surface area contributed by atoms with E-state index in [2.05, 4.69) is 20.9 Å². The predicted molar refractivity (Wildman–Crippen MR) is 82.1 cm³/mol. The zero-order valence-electron chi connectivity index (χ0n) is 13.2. The van der Waals surface area contributed by atoms with Crippen LogP contribution >= 0.6 is 0 Å². The number of amides is 3. The van der Waals surface area contributed by atoms with E-state index < -0.39 is 6.03 Å². The molecule has 1 aliphatic heterocycles. The SMILES string of the molecule is CC(C)NC(=O)NC(=O)CN1CCNCC12CCCCC2. The van der Waals surface area contributed by atoms with Crippen molar-refractivity contribution < 1.29 is 9.59 Å². The molecule has 120 valence electrons. The highest BCUT2D eigenvalue weighted by Gasteiger charge is 2.40. The molecular weight excluding hydrogens is 268 g/mol. The van der Waals surface area contributed by atoms with Crippen LogP contribution in [0.4, 0.5) is 4.79 Å². The van der Waals surface area contributed by atoms with E-state index in [4.69, 9.17) is 0 Å². The molecule has 1 spiro atoms. The predicted octanol–water partition coefficient (Wildman–Crippen LogP) is 0.829. The van der Waals surface area contributed by atoms with Gasteiger partial charge in [0.2, 0.25) is 5.91 Å². The molecule has 1 aliphatic carbocycles. The maximum absolute atomic E-state index is 12.1. The number of urea groups is 1. The van der Waals surface area contributed by atoms with E-state index in [1.165, 1.54) is 19.3 Å². The number of carbonyl (C=O) groups excluding carboxylic acids is 2. The maximum Gasteiger partial charge on any atom is 0.321 e. The number of carbonyl (C=O) groups is 2. The molecule has 1 saturated carbocycles. The van der Waals surface area contributed by atoms with Gasteiger partial charge >= 0.3 is 6.03 Å². The Morgan fingerprint density at radius 3 is 2.62 bits per heavy atom. The molecule has 0 aromatic rings. The summed E-state index contributed by atoms with van der Waals surface area (Å²) in [6.07, 6.45) is 6.04. The van der Waals surface area contributed by atoms with Gasteiger partial charge < -0.3 is 10.6 Å². The topological polar surface area (TPSA) is 73.5 Å². The van der Waals surface area contributed by atoms with Crippen LogP contribution in [0.15, 0.2) is 0 Å². The van der Waals surface area contributed by atoms with Crippen LogP contribution in [0.5, 0.6) is 0 Å². The summed E-state index contributed by atoms with van der Waals surface area (Å²) < 4.78 is 0. The standard InChI is InChI=1S/C15H28N4O2/c1-12(2)17-14(21)18-13(20)10-19-9-8-16-11-15(19)6-4-3-5-7-15/h12,16H,3-11H2,1-2H3,(H2,17,18,20,21). The monoisotopic (exact) mass is 296 g/mol. The summed E-state index contributed by atoms with van der Waals surface area (Å²) in [6.45, 7) is 6.80. The Bertz CT molecular complexity index is 370. The van der Waals surface area contributed by atoms with Crippen molar-refractivity contribution in [1.29, 1.82) is 0 Å². The Labute approximate surface area is 127 Å². The number of rotatable bonds is 3. The Morgan fingerprint density at radius 1 is 1.24 bits per heavy atom. The van der Waals surface area contributed by atoms with Crippen molar-refractivity contribution >= 4 is 11.9 Å². The zero-order chi connectivity index (χ0) is 15.3. The van der Waals surface area contributed by atoms with Crippen molar-refractivity contribution in [3.05, 3.63) is 0 Å². The molecule has 3 amide bonds. The van der Waals surface area contributed by atoms with Gasteiger partial charge in [-0.15, -0.1) is 0 Å². The smallest absolute Gasteiger partial charge is 0.321 e. The zero-order valence-corrected chi connectivity index (χ0v) is 13.2. The van der Waals surface area contributed by atoms with E-state index in [9.17, 15) is 9.59 Å². The molecule has 3 N–H and O–H groups in total. The van der Waals surface area contributed by atoms with Gasteiger partial charge in [-0.25, -0.2) is 4.79 Å². The lowest BCUT2D eigenvalue weighted by Crippen LogP contribution is -2.63. The Morgan fingerprint density at radius 2 is 1.95 bits per heavy atom. The van der Waals surface area contributed by atoms with Gasteiger partial charge in [-0.1, -0.05) is 19.3 Å². The van der Waals surface area contributed by atoms with Crippen molar-refractivity contribution in [2.24, 2.45) is 0 Å². The average Bonchev–Trinajstić information content (AvgIpc) is 2.41. The first-order chi connectivity index (χ1) is 10.0. The second-order valence-electron chi connectivity index (χ2n) is 6.56. The summed E-state index contributed by atoms with van der Waals surface area (Å²) in [4.78, 5) is 26.0. The first-order valence-electron chi connectivity index (χ1n) is 8.08. The van der Waals surface area contributed by atoms with Crippen molar-refractivity contribution in [3.8, 4) is 0 Å². The fourth-order valence-electron chi connectivity index (χ4n) is 3.47. The van der Waals surface area contributed by atoms with Gasteiger partial charge in [0.05, 0.1) is 6.54 Å². The Kier molecular flexibility index (Phi) is 5.58. The molecule has 0 radical (unpaired) electrons. The van der Waals surface area contributed by atoms with Gasteiger partial charge in [0, 0.05) is 31.2 Å². The molecular formula is C15H28N4O2. The molecule has 2 aliphatic rings. The summed E-state index contributed by atoms with van der Waals surface area (Å²) in [5.74, 6) is -0.208. The van der Waals surface area contributed by atoms with E-state index in [0.29, 0.717) is 6.54 Å². The van der Waals surface area contributed by atoms with Gasteiger partial charge in [-0.3, -0.25) is 15.0 Å². The first-order valence-corrected chi connectivity index (χ1v) is 8.08. The van der Waals surface area contributed by atoms with E-state index in [-0.39, 0.29) is 17.5 Å². The van der Waals surface area contributed by atoms with Gasteiger partial charge in [-0.2, -0.15) is 0 Å². The quantitative estimate of drug-likeness (QED) is 0.721. The minimum Gasteiger partial charge on any atom is -0.336 e. The molecule has 0 aromatic heterocycles. The number of imide groups is 1. The normalized spacial score (nSPS) is 22.2. The molecule has 0 aromatic carbocycles. The summed E-state index contributed by atoms with van der Waals surface area (Å²) in [6, 6.07) is -0.371. The van der Waals surface area contributed by atoms with Gasteiger partial charge in [-0.05, 0) is 26.7 Å². The molecule has 6 heteroatoms. The van der Waals surface area contributed by atoms with Crippen LogP contribution in [-0.2, 0) is 4.79 Å². The van der Waals surface area contributed by atoms with E-state index in [0.717, 1.165) is 32.5 Å². The van der Waals surface area contributed by atoms with E-state index in [1.807, 2.05) is 13.8 Å². The highest BCUT2D eigenvalue weighted by Crippen LogP contribution is 2.34. The molecule has 1 heterocycles. The maximum atomic E-state index is 12.1. The average molecular weight is 296 g/mol. The largest absolute Gasteiger partial charge is 0.336 e. The number of nitrogens with one attached hydrogen (secondary N) is 3. The molecule has 1 saturated heterocycles. The van der Waals surface area contributed by atoms with Crippen molar-refractivity contribution in [3.63, 3.8) is 0 Å². The number of hydrogen-bond donors (Lipinski definition) is 3. The first kappa shape index (κ1) is 16.2. The lowest BCUT2D eigenvalue weighted by atomic mass is 9.79. The number of nitrogens with zero attached hydrogens (tertiary/aromatic N) is 1. The van der Waals surface area contributed by atoms with Crippen molar-refractivity contribution in [2.45, 2.75) is 57.5 Å². The Balaban J connectivity index is 1.90. The molecule has 0 unspecified atom stereocenters. The third-order valence-corrected chi connectivity index (χ3v) is 4.47. The highest BCUT2D eigenvalue weighted by atomic mass is 16.2. The number of hydrogen-bond acceptors (Lipinski definition) is 4. The van der Waals surface area contributed by atoms with Gasteiger partial charge in [0.15, 0.2) is 0 Å². The summed E-state index contributed by atoms with van der Waals surface area (Å²) >= 11 is 0. The second kappa shape index (κ2) is 7.22. The minimum absolute atomic E-state index is 0.0293. The Hall–Kier alpha value is -1.14. The van der Waals surface area contributed by atoms with Crippen LogP contribution in [-0.4, -0.2) is 54.6 Å². The van der Waals surface area contributed by atoms with Crippen LogP contribution in [0.1, 0.15) is 46.0 Å². The van der Waals surface area contributed by atoms with E-state index >= 15 is 0 Å². The van der Waals surface area contributed by atoms with Crippen LogP contribution in [0.25, 0.3) is 0 Å². The van der Waals surface area contributed by atoms with Crippen LogP contribution in [0, 0.1) is 0 Å². The van der Waals surface area contributed by atoms with Gasteiger partial charge in [0.25, 0.3) is 0 Å². The summed E-state index contributed by atoms with van der Waals surface area (Å²) in [5, 5.41) is 8.57. The fraction of sp³-hybridized carbons (Fsp3) is 0.867. The lowest BCUT2D eigenvalue weighted by Gasteiger charge is -2.49. The molecule has 6 nitrogen and oxygen atoms in total. The van der Waals surface area contributed by atoms with E-state index in [1.54, 1.807) is 0 Å². The number of piperazine rings is 1. The molecule has 2 rings (SSSR count). The fourth-order valence-corrected chi connectivity index (χ4v) is 3.47. The lowest BCUT2D eigenvalue weighted by molar-refractivity contribution is -0.123. The molecule has 2 fully saturated rings. The van der Waals surface area contributed by atoms with Crippen molar-refractivity contribution in [1.82, 2.24) is 20.9 Å². The van der Waals surface area contributed by atoms with Crippen LogP contribution in [0.2, 0.25) is 0 Å². The molecule has 0 bridgehead atoms. The third kappa shape index (κ3) is 4.41. The highest BCUT2D eigenvalue weighted by molar-refractivity contribution is 5.95. The second-order valence-corrected chi connectivity index (χ2v) is 6.56. The summed E-state index contributed by atoms with van der Waals surface area (Å²) in [5.41, 5.74) is 0.113. The minimum atomic E-state index is -0.400. The van der Waals surface area contributed by atoms with Gasteiger partial charge in [0.1, 0.15) is 0 Å². The third-order valence-electron chi connectivity index (χ3n) is 4.47. The van der Waals surface area contributed by atoms with Crippen molar-refractivity contribution in [2.75, 3.05) is 26.2 Å².